The van der Waals surface area contributed by atoms with Crippen molar-refractivity contribution in [2.75, 3.05) is 18.4 Å². The Labute approximate surface area is 109 Å². The van der Waals surface area contributed by atoms with Crippen molar-refractivity contribution >= 4 is 44.8 Å². The number of hydrogen-bond donors (Lipinski definition) is 0. The Morgan fingerprint density at radius 3 is 2.75 bits per heavy atom. The molecule has 0 N–H and O–H groups in total. The van der Waals surface area contributed by atoms with Gasteiger partial charge in [-0.1, -0.05) is 27.5 Å². The molecular weight excluding hydrogens is 324 g/mol. The molecule has 16 heavy (non-hydrogen) atoms. The predicted molar refractivity (Wildman–Crippen MR) is 65.0 cm³/mol. The van der Waals surface area contributed by atoms with Crippen molar-refractivity contribution in [2.45, 2.75) is 6.43 Å². The normalized spacial score (nSPS) is 10.8. The van der Waals surface area contributed by atoms with Gasteiger partial charge in [0.05, 0.1) is 11.6 Å². The van der Waals surface area contributed by atoms with Gasteiger partial charge in [-0.25, -0.2) is 8.78 Å². The third kappa shape index (κ3) is 3.68. The summed E-state index contributed by atoms with van der Waals surface area (Å²) in [5.41, 5.74) is 0. The number of hydrogen-bond acceptors (Lipinski definition) is 2. The van der Waals surface area contributed by atoms with Crippen LogP contribution in [0.15, 0.2) is 11.4 Å². The summed E-state index contributed by atoms with van der Waals surface area (Å²) in [6.45, 7) is -0.337. The summed E-state index contributed by atoms with van der Waals surface area (Å²) in [7, 11) is 0. The molecule has 90 valence electrons. The number of halogens is 4. The highest BCUT2D eigenvalue weighted by Gasteiger charge is 2.21. The minimum atomic E-state index is -2.54. The summed E-state index contributed by atoms with van der Waals surface area (Å²) >= 11 is 10.1. The molecule has 0 atom stereocenters. The van der Waals surface area contributed by atoms with Gasteiger partial charge in [-0.15, -0.1) is 11.3 Å². The van der Waals surface area contributed by atoms with E-state index in [1.54, 1.807) is 11.4 Å². The quantitative estimate of drug-likeness (QED) is 0.756. The number of thiophene rings is 1. The third-order valence-corrected chi connectivity index (χ3v) is 3.50. The Morgan fingerprint density at radius 2 is 2.31 bits per heavy atom. The minimum absolute atomic E-state index is 0.234. The topological polar surface area (TPSA) is 20.3 Å². The van der Waals surface area contributed by atoms with E-state index in [1.165, 1.54) is 0 Å². The average Bonchev–Trinajstić information content (AvgIpc) is 2.62. The van der Waals surface area contributed by atoms with Gasteiger partial charge < -0.3 is 4.90 Å². The summed E-state index contributed by atoms with van der Waals surface area (Å²) < 4.78 is 24.5. The van der Waals surface area contributed by atoms with Crippen LogP contribution in [0.25, 0.3) is 0 Å². The summed E-state index contributed by atoms with van der Waals surface area (Å²) in [4.78, 5) is 13.3. The number of carbonyl (C=O) groups is 1. The van der Waals surface area contributed by atoms with Crippen LogP contribution in [-0.4, -0.2) is 35.7 Å². The number of amides is 1. The number of nitrogens with zero attached hydrogens (tertiary/aromatic N) is 1. The molecule has 0 fully saturated rings. The van der Waals surface area contributed by atoms with Crippen LogP contribution in [0.1, 0.15) is 9.67 Å². The molecule has 0 aliphatic heterocycles. The molecule has 0 saturated carbocycles. The van der Waals surface area contributed by atoms with Gasteiger partial charge in [-0.3, -0.25) is 4.79 Å². The van der Waals surface area contributed by atoms with Crippen molar-refractivity contribution in [3.05, 3.63) is 21.3 Å². The number of carbonyl (C=O) groups excluding carboxylic acids is 1. The number of rotatable bonds is 5. The van der Waals surface area contributed by atoms with Crippen LogP contribution in [0.5, 0.6) is 0 Å². The van der Waals surface area contributed by atoms with Gasteiger partial charge in [0, 0.05) is 11.9 Å². The van der Waals surface area contributed by atoms with Gasteiger partial charge in [0.2, 0.25) is 0 Å². The first-order valence-electron chi connectivity index (χ1n) is 4.42. The second-order valence-corrected chi connectivity index (χ2v) is 5.05. The van der Waals surface area contributed by atoms with Crippen LogP contribution in [0.3, 0.4) is 0 Å². The molecule has 1 amide bonds. The van der Waals surface area contributed by atoms with Crippen molar-refractivity contribution in [2.24, 2.45) is 0 Å². The fourth-order valence-electron chi connectivity index (χ4n) is 1.13. The van der Waals surface area contributed by atoms with E-state index < -0.39 is 18.9 Å². The predicted octanol–water partition coefficient (Wildman–Crippen LogP) is 3.50. The van der Waals surface area contributed by atoms with Gasteiger partial charge in [0.1, 0.15) is 4.88 Å². The Balaban J connectivity index is 2.78. The van der Waals surface area contributed by atoms with E-state index >= 15 is 0 Å². The van der Waals surface area contributed by atoms with E-state index in [0.717, 1.165) is 16.2 Å². The standard InChI is InChI=1S/C9H9BrClF2NOS/c10-2-3-14(5-7(12)13)9(15)8-6(11)1-4-16-8/h1,4,7H,2-3,5H2. The van der Waals surface area contributed by atoms with Crippen molar-refractivity contribution in [1.82, 2.24) is 4.90 Å². The largest absolute Gasteiger partial charge is 0.331 e. The monoisotopic (exact) mass is 331 g/mol. The van der Waals surface area contributed by atoms with Crippen LogP contribution in [-0.2, 0) is 0 Å². The molecule has 1 heterocycles. The van der Waals surface area contributed by atoms with E-state index in [1.807, 2.05) is 0 Å². The van der Waals surface area contributed by atoms with Crippen LogP contribution in [0.2, 0.25) is 5.02 Å². The summed E-state index contributed by atoms with van der Waals surface area (Å²) in [5.74, 6) is -0.445. The molecule has 2 nitrogen and oxygen atoms in total. The first kappa shape index (κ1) is 13.9. The lowest BCUT2D eigenvalue weighted by Crippen LogP contribution is -2.36. The molecule has 1 aromatic rings. The zero-order valence-electron chi connectivity index (χ0n) is 8.13. The maximum atomic E-state index is 12.3. The van der Waals surface area contributed by atoms with Gasteiger partial charge in [0.15, 0.2) is 0 Å². The lowest BCUT2D eigenvalue weighted by atomic mass is 10.4. The minimum Gasteiger partial charge on any atom is -0.331 e. The highest BCUT2D eigenvalue weighted by molar-refractivity contribution is 9.09. The van der Waals surface area contributed by atoms with E-state index in [0.29, 0.717) is 15.2 Å². The van der Waals surface area contributed by atoms with Crippen molar-refractivity contribution in [1.29, 1.82) is 0 Å². The molecule has 0 unspecified atom stereocenters. The van der Waals surface area contributed by atoms with Crippen LogP contribution < -0.4 is 0 Å². The maximum absolute atomic E-state index is 12.3. The highest BCUT2D eigenvalue weighted by atomic mass is 79.9. The van der Waals surface area contributed by atoms with Gasteiger partial charge in [-0.05, 0) is 11.4 Å². The fraction of sp³-hybridized carbons (Fsp3) is 0.444. The molecular formula is C9H9BrClF2NOS. The van der Waals surface area contributed by atoms with Gasteiger partial charge in [0.25, 0.3) is 12.3 Å². The Bertz CT molecular complexity index is 361. The Morgan fingerprint density at radius 1 is 1.62 bits per heavy atom. The summed E-state index contributed by atoms with van der Waals surface area (Å²) in [6, 6.07) is 1.58. The lowest BCUT2D eigenvalue weighted by molar-refractivity contribution is 0.0577. The lowest BCUT2D eigenvalue weighted by Gasteiger charge is -2.20. The van der Waals surface area contributed by atoms with E-state index in [4.69, 9.17) is 11.6 Å². The first-order valence-corrected chi connectivity index (χ1v) is 6.80. The number of alkyl halides is 3. The maximum Gasteiger partial charge on any atom is 0.265 e. The SMILES string of the molecule is O=C(c1sccc1Cl)N(CCBr)CC(F)F. The van der Waals surface area contributed by atoms with E-state index in [2.05, 4.69) is 15.9 Å². The van der Waals surface area contributed by atoms with E-state index in [9.17, 15) is 13.6 Å². The molecule has 1 rings (SSSR count). The molecule has 7 heteroatoms. The fourth-order valence-corrected chi connectivity index (χ4v) is 2.67. The van der Waals surface area contributed by atoms with Crippen molar-refractivity contribution in [3.8, 4) is 0 Å². The van der Waals surface area contributed by atoms with Crippen molar-refractivity contribution in [3.63, 3.8) is 0 Å². The molecule has 0 spiro atoms. The second kappa shape index (κ2) is 6.51. The third-order valence-electron chi connectivity index (χ3n) is 1.81. The van der Waals surface area contributed by atoms with Crippen LogP contribution in [0.4, 0.5) is 8.78 Å². The average molecular weight is 333 g/mol. The molecule has 0 aromatic carbocycles. The van der Waals surface area contributed by atoms with Crippen LogP contribution in [0, 0.1) is 0 Å². The Kier molecular flexibility index (Phi) is 5.64. The smallest absolute Gasteiger partial charge is 0.265 e. The zero-order chi connectivity index (χ0) is 12.1. The molecule has 1 aromatic heterocycles. The summed E-state index contributed by atoms with van der Waals surface area (Å²) in [5, 5.41) is 2.42. The molecule has 0 aliphatic carbocycles. The second-order valence-electron chi connectivity index (χ2n) is 2.93. The van der Waals surface area contributed by atoms with Gasteiger partial charge >= 0.3 is 0 Å². The molecule has 0 aliphatic rings. The molecule has 0 bridgehead atoms. The van der Waals surface area contributed by atoms with Crippen LogP contribution >= 0.6 is 38.9 Å². The van der Waals surface area contributed by atoms with Crippen molar-refractivity contribution < 1.29 is 13.6 Å². The Hall–Kier alpha value is -0.200. The first-order chi connectivity index (χ1) is 7.56. The zero-order valence-corrected chi connectivity index (χ0v) is 11.3. The molecule has 0 saturated heterocycles. The summed E-state index contributed by atoms with van der Waals surface area (Å²) in [6.07, 6.45) is -2.54. The highest BCUT2D eigenvalue weighted by Crippen LogP contribution is 2.23. The van der Waals surface area contributed by atoms with Gasteiger partial charge in [-0.2, -0.15) is 0 Å². The van der Waals surface area contributed by atoms with E-state index in [-0.39, 0.29) is 6.54 Å². The molecule has 0 radical (unpaired) electrons.